The van der Waals surface area contributed by atoms with Gasteiger partial charge in [0.05, 0.1) is 6.07 Å². The van der Waals surface area contributed by atoms with Gasteiger partial charge in [0.1, 0.15) is 5.41 Å². The Labute approximate surface area is 101 Å². The number of nitriles is 1. The highest BCUT2D eigenvalue weighted by molar-refractivity contribution is 6.02. The lowest BCUT2D eigenvalue weighted by Crippen LogP contribution is -2.36. The molecule has 3 heteroatoms. The maximum atomic E-state index is 12.4. The Hall–Kier alpha value is -1.66. The number of rotatable bonds is 2. The van der Waals surface area contributed by atoms with Gasteiger partial charge in [0, 0.05) is 18.8 Å². The van der Waals surface area contributed by atoms with Crippen LogP contribution >= 0.6 is 0 Å². The van der Waals surface area contributed by atoms with Crippen LogP contribution in [0.4, 0.5) is 0 Å². The molecule has 0 atom stereocenters. The number of ketones is 1. The lowest BCUT2D eigenvalue weighted by molar-refractivity contribution is 0.0355. The van der Waals surface area contributed by atoms with Crippen LogP contribution in [-0.2, 0) is 4.74 Å². The molecule has 1 aromatic carbocycles. The lowest BCUT2D eigenvalue weighted by Gasteiger charge is -2.29. The van der Waals surface area contributed by atoms with Gasteiger partial charge in [0.15, 0.2) is 5.78 Å². The summed E-state index contributed by atoms with van der Waals surface area (Å²) in [6, 6.07) is 9.60. The van der Waals surface area contributed by atoms with Crippen LogP contribution in [-0.4, -0.2) is 19.0 Å². The smallest absolute Gasteiger partial charge is 0.183 e. The molecule has 0 aromatic heterocycles. The summed E-state index contributed by atoms with van der Waals surface area (Å²) in [4.78, 5) is 12.4. The van der Waals surface area contributed by atoms with Crippen LogP contribution in [0.1, 0.15) is 28.8 Å². The van der Waals surface area contributed by atoms with Gasteiger partial charge >= 0.3 is 0 Å². The minimum absolute atomic E-state index is 0.0664. The van der Waals surface area contributed by atoms with Gasteiger partial charge in [-0.1, -0.05) is 29.8 Å². The summed E-state index contributed by atoms with van der Waals surface area (Å²) >= 11 is 0. The van der Waals surface area contributed by atoms with E-state index in [1.54, 1.807) is 12.1 Å². The quantitative estimate of drug-likeness (QED) is 0.732. The Morgan fingerprint density at radius 1 is 1.29 bits per heavy atom. The van der Waals surface area contributed by atoms with E-state index in [1.807, 2.05) is 19.1 Å². The number of nitrogens with zero attached hydrogens (tertiary/aromatic N) is 1. The summed E-state index contributed by atoms with van der Waals surface area (Å²) in [5.41, 5.74) is 0.853. The second-order valence-corrected chi connectivity index (χ2v) is 4.50. The van der Waals surface area contributed by atoms with E-state index < -0.39 is 5.41 Å². The van der Waals surface area contributed by atoms with Crippen molar-refractivity contribution in [3.63, 3.8) is 0 Å². The molecule has 1 fully saturated rings. The fourth-order valence-corrected chi connectivity index (χ4v) is 2.09. The summed E-state index contributed by atoms with van der Waals surface area (Å²) < 4.78 is 5.23. The molecule has 88 valence electrons. The SMILES string of the molecule is Cc1ccc(C(=O)C2(C#N)CCOCC2)cc1. The highest BCUT2D eigenvalue weighted by atomic mass is 16.5. The zero-order valence-electron chi connectivity index (χ0n) is 9.90. The molecule has 0 unspecified atom stereocenters. The predicted molar refractivity (Wildman–Crippen MR) is 63.6 cm³/mol. The minimum Gasteiger partial charge on any atom is -0.381 e. The fourth-order valence-electron chi connectivity index (χ4n) is 2.09. The molecule has 1 heterocycles. The number of aryl methyl sites for hydroxylation is 1. The van der Waals surface area contributed by atoms with E-state index in [4.69, 9.17) is 4.74 Å². The first-order valence-corrected chi connectivity index (χ1v) is 5.78. The van der Waals surface area contributed by atoms with Gasteiger partial charge in [0.2, 0.25) is 0 Å². The zero-order valence-corrected chi connectivity index (χ0v) is 9.90. The molecular formula is C14H15NO2. The average molecular weight is 229 g/mol. The van der Waals surface area contributed by atoms with Gasteiger partial charge in [-0.3, -0.25) is 4.79 Å². The fraction of sp³-hybridized carbons (Fsp3) is 0.429. The molecule has 1 saturated heterocycles. The second kappa shape index (κ2) is 4.68. The second-order valence-electron chi connectivity index (χ2n) is 4.50. The summed E-state index contributed by atoms with van der Waals surface area (Å²) in [6.45, 7) is 2.96. The molecule has 0 bridgehead atoms. The average Bonchev–Trinajstić information content (AvgIpc) is 2.39. The van der Waals surface area contributed by atoms with Crippen molar-refractivity contribution in [1.82, 2.24) is 0 Å². The third-order valence-corrected chi connectivity index (χ3v) is 3.31. The highest BCUT2D eigenvalue weighted by Gasteiger charge is 2.40. The Balaban J connectivity index is 2.29. The van der Waals surface area contributed by atoms with Gasteiger partial charge in [0.25, 0.3) is 0 Å². The van der Waals surface area contributed by atoms with Crippen LogP contribution in [0.25, 0.3) is 0 Å². The minimum atomic E-state index is -0.881. The molecule has 0 saturated carbocycles. The van der Waals surface area contributed by atoms with Gasteiger partial charge < -0.3 is 4.74 Å². The van der Waals surface area contributed by atoms with E-state index in [0.29, 0.717) is 31.6 Å². The Bertz CT molecular complexity index is 450. The summed E-state index contributed by atoms with van der Waals surface area (Å²) in [7, 11) is 0. The van der Waals surface area contributed by atoms with Gasteiger partial charge in [-0.05, 0) is 19.8 Å². The van der Waals surface area contributed by atoms with Crippen molar-refractivity contribution in [2.75, 3.05) is 13.2 Å². The van der Waals surface area contributed by atoms with Crippen LogP contribution in [0.15, 0.2) is 24.3 Å². The van der Waals surface area contributed by atoms with Crippen molar-refractivity contribution in [2.45, 2.75) is 19.8 Å². The molecule has 0 radical (unpaired) electrons. The molecule has 0 spiro atoms. The number of benzene rings is 1. The van der Waals surface area contributed by atoms with Gasteiger partial charge in [-0.2, -0.15) is 5.26 Å². The Morgan fingerprint density at radius 2 is 1.88 bits per heavy atom. The van der Waals surface area contributed by atoms with E-state index >= 15 is 0 Å². The van der Waals surface area contributed by atoms with Crippen molar-refractivity contribution in [1.29, 1.82) is 5.26 Å². The number of carbonyl (C=O) groups is 1. The molecule has 0 N–H and O–H groups in total. The maximum Gasteiger partial charge on any atom is 0.183 e. The number of hydrogen-bond donors (Lipinski definition) is 0. The molecule has 1 aromatic rings. The molecule has 0 amide bonds. The first-order valence-electron chi connectivity index (χ1n) is 5.78. The molecule has 17 heavy (non-hydrogen) atoms. The summed E-state index contributed by atoms with van der Waals surface area (Å²) in [5, 5.41) is 9.30. The van der Waals surface area contributed by atoms with Crippen LogP contribution in [0, 0.1) is 23.7 Å². The largest absolute Gasteiger partial charge is 0.381 e. The van der Waals surface area contributed by atoms with Crippen LogP contribution in [0.3, 0.4) is 0 Å². The van der Waals surface area contributed by atoms with E-state index in [9.17, 15) is 10.1 Å². The highest BCUT2D eigenvalue weighted by Crippen LogP contribution is 2.33. The molecular weight excluding hydrogens is 214 g/mol. The van der Waals surface area contributed by atoms with Crippen LogP contribution < -0.4 is 0 Å². The van der Waals surface area contributed by atoms with Crippen molar-refractivity contribution in [2.24, 2.45) is 5.41 Å². The monoisotopic (exact) mass is 229 g/mol. The van der Waals surface area contributed by atoms with Crippen LogP contribution in [0.2, 0.25) is 0 Å². The number of hydrogen-bond acceptors (Lipinski definition) is 3. The number of carbonyl (C=O) groups excluding carboxylic acids is 1. The standard InChI is InChI=1S/C14H15NO2/c1-11-2-4-12(5-3-11)13(16)14(10-15)6-8-17-9-7-14/h2-5H,6-9H2,1H3. The first kappa shape index (κ1) is 11.8. The normalized spacial score (nSPS) is 18.4. The Morgan fingerprint density at radius 3 is 2.41 bits per heavy atom. The molecule has 1 aliphatic heterocycles. The van der Waals surface area contributed by atoms with Crippen molar-refractivity contribution < 1.29 is 9.53 Å². The van der Waals surface area contributed by atoms with Crippen LogP contribution in [0.5, 0.6) is 0 Å². The Kier molecular flexibility index (Phi) is 3.26. The van der Waals surface area contributed by atoms with E-state index in [1.165, 1.54) is 0 Å². The predicted octanol–water partition coefficient (Wildman–Crippen LogP) is 2.50. The first-order chi connectivity index (χ1) is 8.18. The van der Waals surface area contributed by atoms with Crippen molar-refractivity contribution in [3.8, 4) is 6.07 Å². The summed E-state index contributed by atoms with van der Waals surface area (Å²) in [5.74, 6) is -0.0664. The van der Waals surface area contributed by atoms with Gasteiger partial charge in [-0.15, -0.1) is 0 Å². The number of Topliss-reactive ketones (excluding diaryl/α,β-unsaturated/α-hetero) is 1. The molecule has 0 aliphatic carbocycles. The van der Waals surface area contributed by atoms with Gasteiger partial charge in [-0.25, -0.2) is 0 Å². The summed E-state index contributed by atoms with van der Waals surface area (Å²) in [6.07, 6.45) is 0.992. The van der Waals surface area contributed by atoms with Crippen molar-refractivity contribution in [3.05, 3.63) is 35.4 Å². The number of ether oxygens (including phenoxy) is 1. The lowest BCUT2D eigenvalue weighted by atomic mass is 9.75. The van der Waals surface area contributed by atoms with E-state index in [-0.39, 0.29) is 5.78 Å². The molecule has 1 aliphatic rings. The maximum absolute atomic E-state index is 12.4. The van der Waals surface area contributed by atoms with Crippen molar-refractivity contribution >= 4 is 5.78 Å². The third-order valence-electron chi connectivity index (χ3n) is 3.31. The molecule has 2 rings (SSSR count). The molecule has 3 nitrogen and oxygen atoms in total. The van der Waals surface area contributed by atoms with E-state index in [0.717, 1.165) is 5.56 Å². The zero-order chi connectivity index (χ0) is 12.3. The van der Waals surface area contributed by atoms with E-state index in [2.05, 4.69) is 6.07 Å². The topological polar surface area (TPSA) is 50.1 Å². The third kappa shape index (κ3) is 2.22.